The Morgan fingerprint density at radius 3 is 1.95 bits per heavy atom. The highest BCUT2D eigenvalue weighted by Gasteiger charge is 2.62. The first-order chi connectivity index (χ1) is 9.92. The fraction of sp³-hybridized carbons (Fsp3) is 0.316. The molecule has 1 aliphatic rings. The SMILES string of the molecule is CC1(C)CC1(C)C(=O)Nc1ccc(-c2ccccc2)cc1. The maximum Gasteiger partial charge on any atom is 0.230 e. The summed E-state index contributed by atoms with van der Waals surface area (Å²) in [4.78, 5) is 12.4. The van der Waals surface area contributed by atoms with Gasteiger partial charge in [0.05, 0.1) is 5.41 Å². The molecule has 21 heavy (non-hydrogen) atoms. The van der Waals surface area contributed by atoms with Crippen LogP contribution in [0, 0.1) is 10.8 Å². The zero-order valence-electron chi connectivity index (χ0n) is 12.8. The third-order valence-corrected chi connectivity index (χ3v) is 4.92. The number of hydrogen-bond acceptors (Lipinski definition) is 1. The zero-order chi connectivity index (χ0) is 15.1. The molecule has 0 spiro atoms. The van der Waals surface area contributed by atoms with Crippen LogP contribution in [0.4, 0.5) is 5.69 Å². The van der Waals surface area contributed by atoms with Crippen molar-refractivity contribution in [3.05, 3.63) is 54.6 Å². The minimum Gasteiger partial charge on any atom is -0.326 e. The van der Waals surface area contributed by atoms with E-state index in [-0.39, 0.29) is 16.7 Å². The summed E-state index contributed by atoms with van der Waals surface area (Å²) in [5, 5.41) is 3.04. The van der Waals surface area contributed by atoms with Crippen LogP contribution in [-0.2, 0) is 4.79 Å². The highest BCUT2D eigenvalue weighted by molar-refractivity contribution is 5.98. The van der Waals surface area contributed by atoms with Crippen LogP contribution in [0.3, 0.4) is 0 Å². The molecule has 108 valence electrons. The zero-order valence-corrected chi connectivity index (χ0v) is 12.8. The summed E-state index contributed by atoms with van der Waals surface area (Å²) in [6.45, 7) is 6.33. The van der Waals surface area contributed by atoms with E-state index in [1.165, 1.54) is 5.56 Å². The van der Waals surface area contributed by atoms with E-state index in [0.29, 0.717) is 0 Å². The summed E-state index contributed by atoms with van der Waals surface area (Å²) in [5.74, 6) is 0.125. The van der Waals surface area contributed by atoms with Gasteiger partial charge in [-0.1, -0.05) is 63.2 Å². The van der Waals surface area contributed by atoms with Gasteiger partial charge in [-0.2, -0.15) is 0 Å². The summed E-state index contributed by atoms with van der Waals surface area (Å²) in [6, 6.07) is 18.3. The van der Waals surface area contributed by atoms with Crippen LogP contribution in [0.5, 0.6) is 0 Å². The molecule has 1 fully saturated rings. The highest BCUT2D eigenvalue weighted by Crippen LogP contribution is 2.63. The van der Waals surface area contributed by atoms with Gasteiger partial charge in [-0.05, 0) is 35.1 Å². The largest absolute Gasteiger partial charge is 0.326 e. The molecule has 0 radical (unpaired) electrons. The van der Waals surface area contributed by atoms with Gasteiger partial charge in [-0.25, -0.2) is 0 Å². The number of nitrogens with one attached hydrogen (secondary N) is 1. The Balaban J connectivity index is 1.73. The van der Waals surface area contributed by atoms with Gasteiger partial charge in [0.15, 0.2) is 0 Å². The van der Waals surface area contributed by atoms with Crippen molar-refractivity contribution in [2.45, 2.75) is 27.2 Å². The van der Waals surface area contributed by atoms with Gasteiger partial charge in [0.25, 0.3) is 0 Å². The maximum atomic E-state index is 12.4. The minimum atomic E-state index is -0.231. The fourth-order valence-electron chi connectivity index (χ4n) is 2.87. The fourth-order valence-corrected chi connectivity index (χ4v) is 2.87. The van der Waals surface area contributed by atoms with Gasteiger partial charge < -0.3 is 5.32 Å². The van der Waals surface area contributed by atoms with E-state index in [9.17, 15) is 4.79 Å². The van der Waals surface area contributed by atoms with Crippen LogP contribution >= 0.6 is 0 Å². The lowest BCUT2D eigenvalue weighted by Gasteiger charge is -2.15. The maximum absolute atomic E-state index is 12.4. The lowest BCUT2D eigenvalue weighted by atomic mass is 9.97. The predicted octanol–water partition coefficient (Wildman–Crippen LogP) is 4.73. The van der Waals surface area contributed by atoms with E-state index in [0.717, 1.165) is 17.7 Å². The highest BCUT2D eigenvalue weighted by atomic mass is 16.2. The quantitative estimate of drug-likeness (QED) is 0.864. The molecule has 0 bridgehead atoms. The summed E-state index contributed by atoms with van der Waals surface area (Å²) in [5.41, 5.74) is 3.09. The molecule has 1 saturated carbocycles. The van der Waals surface area contributed by atoms with Gasteiger partial charge in [0.1, 0.15) is 0 Å². The van der Waals surface area contributed by atoms with Gasteiger partial charge in [-0.15, -0.1) is 0 Å². The molecule has 0 heterocycles. The van der Waals surface area contributed by atoms with E-state index in [1.54, 1.807) is 0 Å². The number of hydrogen-bond donors (Lipinski definition) is 1. The first kappa shape index (κ1) is 13.9. The van der Waals surface area contributed by atoms with Crippen molar-refractivity contribution in [1.29, 1.82) is 0 Å². The minimum absolute atomic E-state index is 0.112. The van der Waals surface area contributed by atoms with Gasteiger partial charge in [0.2, 0.25) is 5.91 Å². The van der Waals surface area contributed by atoms with Crippen molar-refractivity contribution < 1.29 is 4.79 Å². The number of benzene rings is 2. The molecule has 0 saturated heterocycles. The molecule has 2 nitrogen and oxygen atoms in total. The number of carbonyl (C=O) groups is 1. The summed E-state index contributed by atoms with van der Waals surface area (Å²) in [7, 11) is 0. The van der Waals surface area contributed by atoms with Crippen LogP contribution in [0.1, 0.15) is 27.2 Å². The van der Waals surface area contributed by atoms with Crippen LogP contribution in [-0.4, -0.2) is 5.91 Å². The lowest BCUT2D eigenvalue weighted by molar-refractivity contribution is -0.121. The van der Waals surface area contributed by atoms with E-state index in [4.69, 9.17) is 0 Å². The summed E-state index contributed by atoms with van der Waals surface area (Å²) in [6.07, 6.45) is 0.952. The molecule has 2 aromatic rings. The molecule has 1 amide bonds. The van der Waals surface area contributed by atoms with Crippen molar-refractivity contribution in [3.8, 4) is 11.1 Å². The average molecular weight is 279 g/mol. The molecule has 1 unspecified atom stereocenters. The first-order valence-electron chi connectivity index (χ1n) is 7.39. The van der Waals surface area contributed by atoms with Crippen molar-refractivity contribution in [3.63, 3.8) is 0 Å². The Morgan fingerprint density at radius 1 is 0.905 bits per heavy atom. The Kier molecular flexibility index (Phi) is 3.12. The molecular weight excluding hydrogens is 258 g/mol. The van der Waals surface area contributed by atoms with E-state index >= 15 is 0 Å². The molecule has 1 N–H and O–H groups in total. The summed E-state index contributed by atoms with van der Waals surface area (Å²) < 4.78 is 0. The molecular formula is C19H21NO. The number of carbonyl (C=O) groups excluding carboxylic acids is 1. The second kappa shape index (κ2) is 4.73. The molecule has 3 rings (SSSR count). The molecule has 2 aromatic carbocycles. The Bertz CT molecular complexity index is 658. The normalized spacial score (nSPS) is 22.6. The molecule has 0 aliphatic heterocycles. The third-order valence-electron chi connectivity index (χ3n) is 4.92. The smallest absolute Gasteiger partial charge is 0.230 e. The standard InChI is InChI=1S/C19H21NO/c1-18(2)13-19(18,3)17(21)20-16-11-9-15(10-12-16)14-7-5-4-6-8-14/h4-12H,13H2,1-3H3,(H,20,21). The van der Waals surface area contributed by atoms with E-state index < -0.39 is 0 Å². The second-order valence-corrected chi connectivity index (χ2v) is 6.79. The molecule has 2 heteroatoms. The molecule has 0 aromatic heterocycles. The predicted molar refractivity (Wildman–Crippen MR) is 87.0 cm³/mol. The van der Waals surface area contributed by atoms with Crippen LogP contribution in [0.25, 0.3) is 11.1 Å². The number of amides is 1. The van der Waals surface area contributed by atoms with Crippen molar-refractivity contribution in [1.82, 2.24) is 0 Å². The third kappa shape index (κ3) is 2.46. The van der Waals surface area contributed by atoms with Crippen molar-refractivity contribution in [2.24, 2.45) is 10.8 Å². The lowest BCUT2D eigenvalue weighted by Crippen LogP contribution is -2.25. The Labute approximate surface area is 126 Å². The Morgan fingerprint density at radius 2 is 1.43 bits per heavy atom. The Hall–Kier alpha value is -2.09. The second-order valence-electron chi connectivity index (χ2n) is 6.79. The van der Waals surface area contributed by atoms with Gasteiger partial charge in [-0.3, -0.25) is 4.79 Å². The van der Waals surface area contributed by atoms with E-state index in [2.05, 4.69) is 31.3 Å². The molecule has 1 aliphatic carbocycles. The average Bonchev–Trinajstić information content (AvgIpc) is 3.01. The summed E-state index contributed by atoms with van der Waals surface area (Å²) >= 11 is 0. The van der Waals surface area contributed by atoms with Crippen molar-refractivity contribution >= 4 is 11.6 Å². The topological polar surface area (TPSA) is 29.1 Å². The van der Waals surface area contributed by atoms with Gasteiger partial charge >= 0.3 is 0 Å². The van der Waals surface area contributed by atoms with Crippen molar-refractivity contribution in [2.75, 3.05) is 5.32 Å². The number of anilines is 1. The van der Waals surface area contributed by atoms with Crippen LogP contribution < -0.4 is 5.32 Å². The monoisotopic (exact) mass is 279 g/mol. The molecule has 1 atom stereocenters. The first-order valence-corrected chi connectivity index (χ1v) is 7.39. The van der Waals surface area contributed by atoms with Crippen LogP contribution in [0.2, 0.25) is 0 Å². The number of rotatable bonds is 3. The van der Waals surface area contributed by atoms with Gasteiger partial charge in [0, 0.05) is 5.69 Å². The van der Waals surface area contributed by atoms with E-state index in [1.807, 2.05) is 49.4 Å². The van der Waals surface area contributed by atoms with Crippen LogP contribution in [0.15, 0.2) is 54.6 Å².